The second-order valence-electron chi connectivity index (χ2n) is 5.32. The number of nitrogens with one attached hydrogen (secondary N) is 1. The molecule has 7 heteroatoms. The van der Waals surface area contributed by atoms with Crippen molar-refractivity contribution in [3.05, 3.63) is 65.0 Å². The van der Waals surface area contributed by atoms with Gasteiger partial charge in [-0.25, -0.2) is 13.8 Å². The number of anilines is 1. The predicted molar refractivity (Wildman–Crippen MR) is 98.0 cm³/mol. The highest BCUT2D eigenvalue weighted by molar-refractivity contribution is 8.00. The number of aromatic nitrogens is 1. The van der Waals surface area contributed by atoms with Gasteiger partial charge in [-0.05, 0) is 37.3 Å². The minimum atomic E-state index is -0.925. The van der Waals surface area contributed by atoms with Crippen LogP contribution in [0.4, 0.5) is 13.9 Å². The summed E-state index contributed by atoms with van der Waals surface area (Å²) in [5.41, 5.74) is 2.12. The molecule has 128 valence electrons. The van der Waals surface area contributed by atoms with Gasteiger partial charge >= 0.3 is 0 Å². The zero-order valence-corrected chi connectivity index (χ0v) is 14.9. The molecule has 3 aromatic rings. The normalized spacial score (nSPS) is 10.7. The summed E-state index contributed by atoms with van der Waals surface area (Å²) < 4.78 is 26.3. The molecule has 0 fully saturated rings. The van der Waals surface area contributed by atoms with E-state index in [1.807, 2.05) is 31.2 Å². The van der Waals surface area contributed by atoms with E-state index in [-0.39, 0.29) is 11.7 Å². The molecule has 1 N–H and O–H groups in total. The van der Waals surface area contributed by atoms with Crippen LogP contribution in [0.1, 0.15) is 5.56 Å². The summed E-state index contributed by atoms with van der Waals surface area (Å²) in [6, 6.07) is 11.5. The summed E-state index contributed by atoms with van der Waals surface area (Å²) in [5.74, 6) is -1.73. The predicted octanol–water partition coefficient (Wildman–Crippen LogP) is 5.13. The number of rotatable bonds is 5. The first-order chi connectivity index (χ1) is 12.0. The van der Waals surface area contributed by atoms with Crippen molar-refractivity contribution in [2.45, 2.75) is 11.8 Å². The van der Waals surface area contributed by atoms with Crippen LogP contribution in [0.2, 0.25) is 0 Å². The maximum atomic E-state index is 13.3. The van der Waals surface area contributed by atoms with Gasteiger partial charge < -0.3 is 5.32 Å². The number of thiazole rings is 1. The number of amides is 1. The van der Waals surface area contributed by atoms with Crippen LogP contribution < -0.4 is 5.32 Å². The first-order valence-electron chi connectivity index (χ1n) is 7.41. The number of carbonyl (C=O) groups excluding carboxylic acids is 1. The molecule has 0 bridgehead atoms. The Bertz CT molecular complexity index is 894. The van der Waals surface area contributed by atoms with Crippen molar-refractivity contribution < 1.29 is 13.6 Å². The second-order valence-corrected chi connectivity index (χ2v) is 7.22. The zero-order chi connectivity index (χ0) is 17.8. The van der Waals surface area contributed by atoms with Gasteiger partial charge in [0.2, 0.25) is 5.91 Å². The van der Waals surface area contributed by atoms with Crippen LogP contribution in [0.5, 0.6) is 0 Å². The molecule has 2 aromatic carbocycles. The fourth-order valence-electron chi connectivity index (χ4n) is 2.06. The molecule has 0 aliphatic rings. The molecule has 1 amide bonds. The molecule has 0 aliphatic heterocycles. The van der Waals surface area contributed by atoms with Crippen molar-refractivity contribution in [1.82, 2.24) is 4.98 Å². The third-order valence-corrected chi connectivity index (χ3v) is 5.13. The van der Waals surface area contributed by atoms with E-state index in [2.05, 4.69) is 10.3 Å². The third kappa shape index (κ3) is 4.64. The molecule has 1 aromatic heterocycles. The molecule has 0 atom stereocenters. The van der Waals surface area contributed by atoms with Gasteiger partial charge in [-0.2, -0.15) is 0 Å². The van der Waals surface area contributed by atoms with Crippen LogP contribution in [0.15, 0.2) is 52.7 Å². The molecule has 25 heavy (non-hydrogen) atoms. The summed E-state index contributed by atoms with van der Waals surface area (Å²) in [5, 5.41) is 4.83. The Balaban J connectivity index is 1.59. The number of hydrogen-bond acceptors (Lipinski definition) is 4. The van der Waals surface area contributed by atoms with Crippen LogP contribution in [0, 0.1) is 18.6 Å². The average Bonchev–Trinajstić information content (AvgIpc) is 3.05. The molecule has 0 unspecified atom stereocenters. The van der Waals surface area contributed by atoms with Crippen LogP contribution >= 0.6 is 23.1 Å². The van der Waals surface area contributed by atoms with E-state index in [4.69, 9.17) is 0 Å². The molecule has 3 rings (SSSR count). The van der Waals surface area contributed by atoms with E-state index in [1.165, 1.54) is 34.7 Å². The maximum Gasteiger partial charge on any atom is 0.236 e. The van der Waals surface area contributed by atoms with Gasteiger partial charge in [-0.1, -0.05) is 17.7 Å². The van der Waals surface area contributed by atoms with Gasteiger partial charge in [0, 0.05) is 15.8 Å². The monoisotopic (exact) mass is 376 g/mol. The lowest BCUT2D eigenvalue weighted by atomic mass is 10.2. The molecule has 0 saturated carbocycles. The minimum Gasteiger partial charge on any atom is -0.301 e. The minimum absolute atomic E-state index is 0.170. The smallest absolute Gasteiger partial charge is 0.236 e. The van der Waals surface area contributed by atoms with Crippen molar-refractivity contribution in [2.75, 3.05) is 11.1 Å². The molecule has 1 heterocycles. The Labute approximate surface area is 152 Å². The summed E-state index contributed by atoms with van der Waals surface area (Å²) >= 11 is 2.67. The summed E-state index contributed by atoms with van der Waals surface area (Å²) in [7, 11) is 0. The standard InChI is InChI=1S/C18H14F2N2OS2/c1-11-2-5-13(6-3-11)24-10-17(23)22-18-21-16(9-25-18)12-4-7-14(19)15(20)8-12/h2-9H,10H2,1H3,(H,21,22,23). The van der Waals surface area contributed by atoms with E-state index in [9.17, 15) is 13.6 Å². The Hall–Kier alpha value is -2.25. The van der Waals surface area contributed by atoms with Crippen molar-refractivity contribution >= 4 is 34.1 Å². The van der Waals surface area contributed by atoms with E-state index in [1.54, 1.807) is 5.38 Å². The molecule has 3 nitrogen and oxygen atoms in total. The quantitative estimate of drug-likeness (QED) is 0.628. The molecule has 0 spiro atoms. The topological polar surface area (TPSA) is 42.0 Å². The molecule has 0 saturated heterocycles. The lowest BCUT2D eigenvalue weighted by molar-refractivity contribution is -0.113. The highest BCUT2D eigenvalue weighted by atomic mass is 32.2. The van der Waals surface area contributed by atoms with Gasteiger partial charge in [-0.15, -0.1) is 23.1 Å². The van der Waals surface area contributed by atoms with Gasteiger partial charge in [0.25, 0.3) is 0 Å². The molecular weight excluding hydrogens is 362 g/mol. The lowest BCUT2D eigenvalue weighted by Crippen LogP contribution is -2.13. The fourth-order valence-corrected chi connectivity index (χ4v) is 3.49. The largest absolute Gasteiger partial charge is 0.301 e. The highest BCUT2D eigenvalue weighted by Crippen LogP contribution is 2.26. The summed E-state index contributed by atoms with van der Waals surface area (Å²) in [4.78, 5) is 17.3. The SMILES string of the molecule is Cc1ccc(SCC(=O)Nc2nc(-c3ccc(F)c(F)c3)cs2)cc1. The summed E-state index contributed by atoms with van der Waals surface area (Å²) in [6.07, 6.45) is 0. The second kappa shape index (κ2) is 7.76. The Morgan fingerprint density at radius 2 is 1.92 bits per heavy atom. The number of nitrogens with zero attached hydrogens (tertiary/aromatic N) is 1. The third-order valence-electron chi connectivity index (χ3n) is 3.36. The van der Waals surface area contributed by atoms with Gasteiger partial charge in [0.15, 0.2) is 16.8 Å². The average molecular weight is 376 g/mol. The van der Waals surface area contributed by atoms with E-state index < -0.39 is 11.6 Å². The van der Waals surface area contributed by atoms with E-state index in [0.717, 1.165) is 17.0 Å². The number of benzene rings is 2. The van der Waals surface area contributed by atoms with Crippen LogP contribution in [0.3, 0.4) is 0 Å². The van der Waals surface area contributed by atoms with Crippen molar-refractivity contribution in [3.63, 3.8) is 0 Å². The van der Waals surface area contributed by atoms with E-state index in [0.29, 0.717) is 16.4 Å². The van der Waals surface area contributed by atoms with Crippen LogP contribution in [0.25, 0.3) is 11.3 Å². The molecule has 0 radical (unpaired) electrons. The number of hydrogen-bond donors (Lipinski definition) is 1. The van der Waals surface area contributed by atoms with Gasteiger partial charge in [0.1, 0.15) is 0 Å². The van der Waals surface area contributed by atoms with E-state index >= 15 is 0 Å². The molecule has 0 aliphatic carbocycles. The number of halogens is 2. The van der Waals surface area contributed by atoms with Gasteiger partial charge in [0.05, 0.1) is 11.4 Å². The number of carbonyl (C=O) groups is 1. The fraction of sp³-hybridized carbons (Fsp3) is 0.111. The Morgan fingerprint density at radius 3 is 2.64 bits per heavy atom. The van der Waals surface area contributed by atoms with Crippen molar-refractivity contribution in [1.29, 1.82) is 0 Å². The number of thioether (sulfide) groups is 1. The number of aryl methyl sites for hydroxylation is 1. The first-order valence-corrected chi connectivity index (χ1v) is 9.28. The van der Waals surface area contributed by atoms with Crippen molar-refractivity contribution in [2.24, 2.45) is 0 Å². The molecular formula is C18H14F2N2OS2. The first kappa shape index (κ1) is 17.6. The Kier molecular flexibility index (Phi) is 5.45. The zero-order valence-electron chi connectivity index (χ0n) is 13.3. The van der Waals surface area contributed by atoms with Crippen LogP contribution in [-0.2, 0) is 4.79 Å². The lowest BCUT2D eigenvalue weighted by Gasteiger charge is -2.03. The van der Waals surface area contributed by atoms with Crippen LogP contribution in [-0.4, -0.2) is 16.6 Å². The van der Waals surface area contributed by atoms with Crippen molar-refractivity contribution in [3.8, 4) is 11.3 Å². The Morgan fingerprint density at radius 1 is 1.16 bits per heavy atom. The van der Waals surface area contributed by atoms with Gasteiger partial charge in [-0.3, -0.25) is 4.79 Å². The summed E-state index contributed by atoms with van der Waals surface area (Å²) in [6.45, 7) is 2.01. The highest BCUT2D eigenvalue weighted by Gasteiger charge is 2.10. The maximum absolute atomic E-state index is 13.3.